The number of ether oxygens (including phenoxy) is 4. The summed E-state index contributed by atoms with van der Waals surface area (Å²) in [5.74, 6) is 1.09. The zero-order chi connectivity index (χ0) is 28.1. The van der Waals surface area contributed by atoms with Gasteiger partial charge in [0.2, 0.25) is 0 Å². The first-order chi connectivity index (χ1) is 18.8. The van der Waals surface area contributed by atoms with Crippen LogP contribution in [0.5, 0.6) is 23.0 Å². The molecule has 1 aliphatic carbocycles. The summed E-state index contributed by atoms with van der Waals surface area (Å²) >= 11 is 1.69. The van der Waals surface area contributed by atoms with Gasteiger partial charge in [-0.25, -0.2) is 0 Å². The molecule has 0 aromatic heterocycles. The van der Waals surface area contributed by atoms with Crippen LogP contribution in [0.3, 0.4) is 0 Å². The molecule has 1 unspecified atom stereocenters. The number of aromatic hydroxyl groups is 1. The van der Waals surface area contributed by atoms with E-state index >= 15 is 0 Å². The van der Waals surface area contributed by atoms with Crippen molar-refractivity contribution in [1.82, 2.24) is 0 Å². The van der Waals surface area contributed by atoms with E-state index < -0.39 is 17.8 Å². The fourth-order valence-corrected chi connectivity index (χ4v) is 5.89. The summed E-state index contributed by atoms with van der Waals surface area (Å²) in [6, 6.07) is 10.7. The number of phenolic OH excluding ortho intramolecular Hbond substituents is 1. The largest absolute Gasteiger partial charge is 0.504 e. The van der Waals surface area contributed by atoms with E-state index in [2.05, 4.69) is 6.92 Å². The predicted molar refractivity (Wildman–Crippen MR) is 152 cm³/mol. The second-order valence-electron chi connectivity index (χ2n) is 9.51. The average Bonchev–Trinajstić information content (AvgIpc) is 2.93. The lowest BCUT2D eigenvalue weighted by molar-refractivity contribution is -0.145. The molecule has 3 atom stereocenters. The molecular formula is C30H35NO7S. The van der Waals surface area contributed by atoms with Crippen molar-refractivity contribution in [2.45, 2.75) is 38.5 Å². The molecule has 1 N–H and O–H groups in total. The molecule has 4 rings (SSSR count). The third-order valence-corrected chi connectivity index (χ3v) is 8.12. The SMILES string of the molecule is CCSCCOC(=O)C1C(C)=NC2=C(C(=O)C[C@H](c3ccc(OC)c(OC)c3)C2)[C@H]1c1ccc(OC)c(O)c1. The third kappa shape index (κ3) is 5.93. The van der Waals surface area contributed by atoms with E-state index in [1.165, 1.54) is 7.11 Å². The van der Waals surface area contributed by atoms with Crippen molar-refractivity contribution in [3.63, 3.8) is 0 Å². The van der Waals surface area contributed by atoms with Crippen LogP contribution in [0.1, 0.15) is 49.7 Å². The summed E-state index contributed by atoms with van der Waals surface area (Å²) in [7, 11) is 4.64. The smallest absolute Gasteiger partial charge is 0.315 e. The van der Waals surface area contributed by atoms with Gasteiger partial charge in [-0.05, 0) is 60.4 Å². The molecule has 39 heavy (non-hydrogen) atoms. The minimum atomic E-state index is -0.773. The van der Waals surface area contributed by atoms with Gasteiger partial charge in [0.05, 0.1) is 21.3 Å². The van der Waals surface area contributed by atoms with Gasteiger partial charge >= 0.3 is 5.97 Å². The molecule has 208 valence electrons. The molecule has 0 saturated carbocycles. The summed E-state index contributed by atoms with van der Waals surface area (Å²) in [6.07, 6.45) is 0.790. The molecular weight excluding hydrogens is 518 g/mol. The number of Topliss-reactive ketones (excluding diaryl/α,β-unsaturated/α-hetero) is 1. The molecule has 2 aromatic carbocycles. The average molecular weight is 554 g/mol. The van der Waals surface area contributed by atoms with E-state index in [0.717, 1.165) is 11.3 Å². The minimum absolute atomic E-state index is 0.0600. The van der Waals surface area contributed by atoms with Crippen molar-refractivity contribution in [3.05, 3.63) is 58.8 Å². The van der Waals surface area contributed by atoms with Crippen LogP contribution in [-0.2, 0) is 14.3 Å². The van der Waals surface area contributed by atoms with Gasteiger partial charge in [-0.2, -0.15) is 11.8 Å². The van der Waals surface area contributed by atoms with Crippen LogP contribution in [0, 0.1) is 5.92 Å². The standard InChI is InChI=1S/C30H35NO7S/c1-6-39-12-11-38-30(34)27-17(2)31-21-13-20(18-7-10-25(36-4)26(16-18)37-5)15-23(33)29(21)28(27)19-8-9-24(35-3)22(32)14-19/h7-10,14,16,20,27-28,32H,6,11-13,15H2,1-5H3/t20-,27?,28+/m1/s1. The fourth-order valence-electron chi connectivity index (χ4n) is 5.40. The number of ketones is 1. The Kier molecular flexibility index (Phi) is 9.22. The van der Waals surface area contributed by atoms with Crippen LogP contribution in [0.2, 0.25) is 0 Å². The van der Waals surface area contributed by atoms with Gasteiger partial charge in [-0.3, -0.25) is 14.6 Å². The molecule has 2 aliphatic rings. The molecule has 1 aliphatic heterocycles. The van der Waals surface area contributed by atoms with E-state index in [0.29, 0.717) is 52.0 Å². The number of carbonyl (C=O) groups is 2. The molecule has 0 saturated heterocycles. The number of benzene rings is 2. The Balaban J connectivity index is 1.74. The maximum atomic E-state index is 13.8. The zero-order valence-corrected chi connectivity index (χ0v) is 23.8. The highest BCUT2D eigenvalue weighted by molar-refractivity contribution is 7.99. The highest BCUT2D eigenvalue weighted by Crippen LogP contribution is 2.48. The van der Waals surface area contributed by atoms with E-state index in [1.807, 2.05) is 18.2 Å². The van der Waals surface area contributed by atoms with Crippen molar-refractivity contribution in [1.29, 1.82) is 0 Å². The van der Waals surface area contributed by atoms with Crippen LogP contribution in [0.25, 0.3) is 0 Å². The Morgan fingerprint density at radius 3 is 2.36 bits per heavy atom. The summed E-state index contributed by atoms with van der Waals surface area (Å²) < 4.78 is 21.7. The number of carbonyl (C=O) groups excluding carboxylic acids is 2. The van der Waals surface area contributed by atoms with Crippen molar-refractivity contribution in [2.24, 2.45) is 10.9 Å². The Morgan fingerprint density at radius 2 is 1.69 bits per heavy atom. The fraction of sp³-hybridized carbons (Fsp3) is 0.433. The molecule has 0 radical (unpaired) electrons. The Hall–Kier alpha value is -3.46. The molecule has 0 bridgehead atoms. The summed E-state index contributed by atoms with van der Waals surface area (Å²) in [4.78, 5) is 32.0. The number of hydrogen-bond donors (Lipinski definition) is 1. The van der Waals surface area contributed by atoms with Gasteiger partial charge < -0.3 is 24.1 Å². The van der Waals surface area contributed by atoms with E-state index in [-0.39, 0.29) is 30.5 Å². The van der Waals surface area contributed by atoms with Crippen molar-refractivity contribution < 1.29 is 33.6 Å². The maximum Gasteiger partial charge on any atom is 0.315 e. The maximum absolute atomic E-state index is 13.8. The Labute approximate surface area is 233 Å². The number of rotatable bonds is 10. The first-order valence-electron chi connectivity index (χ1n) is 13.0. The van der Waals surface area contributed by atoms with E-state index in [1.54, 1.807) is 51.1 Å². The summed E-state index contributed by atoms with van der Waals surface area (Å²) in [5.41, 5.74) is 3.34. The second-order valence-corrected chi connectivity index (χ2v) is 10.9. The van der Waals surface area contributed by atoms with Crippen molar-refractivity contribution in [2.75, 3.05) is 39.4 Å². The first-order valence-corrected chi connectivity index (χ1v) is 14.1. The molecule has 1 heterocycles. The van der Waals surface area contributed by atoms with Crippen molar-refractivity contribution in [3.8, 4) is 23.0 Å². The molecule has 8 nitrogen and oxygen atoms in total. The van der Waals surface area contributed by atoms with Gasteiger partial charge in [0.25, 0.3) is 0 Å². The number of methoxy groups -OCH3 is 3. The number of esters is 1. The van der Waals surface area contributed by atoms with Crippen LogP contribution in [-0.4, -0.2) is 62.0 Å². The quantitative estimate of drug-likeness (QED) is 0.313. The highest BCUT2D eigenvalue weighted by atomic mass is 32.2. The summed E-state index contributed by atoms with van der Waals surface area (Å²) in [5, 5.41) is 10.6. The number of aliphatic imine (C=N–C) groups is 1. The van der Waals surface area contributed by atoms with E-state index in [9.17, 15) is 14.7 Å². The lowest BCUT2D eigenvalue weighted by atomic mass is 9.69. The molecule has 9 heteroatoms. The normalized spacial score (nSPS) is 20.7. The number of hydrogen-bond acceptors (Lipinski definition) is 9. The number of nitrogens with zero attached hydrogens (tertiary/aromatic N) is 1. The van der Waals surface area contributed by atoms with E-state index in [4.69, 9.17) is 23.9 Å². The van der Waals surface area contributed by atoms with Gasteiger partial charge in [-0.1, -0.05) is 19.1 Å². The number of phenols is 1. The van der Waals surface area contributed by atoms with Crippen molar-refractivity contribution >= 4 is 29.2 Å². The van der Waals surface area contributed by atoms with Crippen LogP contribution in [0.4, 0.5) is 0 Å². The van der Waals surface area contributed by atoms with Gasteiger partial charge in [0.15, 0.2) is 28.8 Å². The highest BCUT2D eigenvalue weighted by Gasteiger charge is 2.45. The third-order valence-electron chi connectivity index (χ3n) is 7.26. The monoisotopic (exact) mass is 553 g/mol. The lowest BCUT2D eigenvalue weighted by Crippen LogP contribution is -2.38. The molecule has 0 fully saturated rings. The van der Waals surface area contributed by atoms with Crippen LogP contribution in [0.15, 0.2) is 52.7 Å². The molecule has 2 aromatic rings. The summed E-state index contributed by atoms with van der Waals surface area (Å²) in [6.45, 7) is 4.13. The van der Waals surface area contributed by atoms with Gasteiger partial charge in [0, 0.05) is 35.1 Å². The lowest BCUT2D eigenvalue weighted by Gasteiger charge is -2.36. The predicted octanol–water partition coefficient (Wildman–Crippen LogP) is 5.29. The molecule has 0 amide bonds. The number of allylic oxidation sites excluding steroid dienone is 2. The molecule has 0 spiro atoms. The number of thioether (sulfide) groups is 1. The topological polar surface area (TPSA) is 104 Å². The van der Waals surface area contributed by atoms with Gasteiger partial charge in [-0.15, -0.1) is 0 Å². The Morgan fingerprint density at radius 1 is 1.00 bits per heavy atom. The second kappa shape index (κ2) is 12.6. The minimum Gasteiger partial charge on any atom is -0.504 e. The zero-order valence-electron chi connectivity index (χ0n) is 23.0. The Bertz CT molecular complexity index is 1300. The van der Waals surface area contributed by atoms with Gasteiger partial charge in [0.1, 0.15) is 12.5 Å². The van der Waals surface area contributed by atoms with Crippen LogP contribution < -0.4 is 14.2 Å². The van der Waals surface area contributed by atoms with Crippen LogP contribution >= 0.6 is 11.8 Å². The first kappa shape index (κ1) is 28.5.